The van der Waals surface area contributed by atoms with Gasteiger partial charge in [-0.25, -0.2) is 0 Å². The number of fused-ring (bicyclic) bond motifs is 3. The fraction of sp³-hybridized carbons (Fsp3) is 0.647. The molecule has 0 N–H and O–H groups in total. The highest BCUT2D eigenvalue weighted by molar-refractivity contribution is 9.10. The second-order valence-electron chi connectivity index (χ2n) is 6.72. The van der Waals surface area contributed by atoms with Gasteiger partial charge in [-0.3, -0.25) is 0 Å². The van der Waals surface area contributed by atoms with Gasteiger partial charge >= 0.3 is 0 Å². The van der Waals surface area contributed by atoms with E-state index in [1.54, 1.807) is 0 Å². The Morgan fingerprint density at radius 3 is 2.20 bits per heavy atom. The SMILES string of the molecule is BrC12CCC(c3ccc(OCC4CO4)cc3)(CC1)CC2. The van der Waals surface area contributed by atoms with Gasteiger partial charge in [-0.2, -0.15) is 0 Å². The highest BCUT2D eigenvalue weighted by Crippen LogP contribution is 2.56. The Kier molecular flexibility index (Phi) is 3.11. The Morgan fingerprint density at radius 1 is 1.05 bits per heavy atom. The third-order valence-electron chi connectivity index (χ3n) is 5.46. The number of rotatable bonds is 4. The minimum absolute atomic E-state index is 0.331. The maximum Gasteiger partial charge on any atom is 0.119 e. The maximum absolute atomic E-state index is 5.73. The predicted molar refractivity (Wildman–Crippen MR) is 82.7 cm³/mol. The Hall–Kier alpha value is -0.540. The molecule has 1 unspecified atom stereocenters. The molecule has 1 aromatic rings. The second-order valence-corrected chi connectivity index (χ2v) is 8.40. The summed E-state index contributed by atoms with van der Waals surface area (Å²) in [5, 5.41) is 0. The van der Waals surface area contributed by atoms with Crippen LogP contribution in [0.5, 0.6) is 5.75 Å². The van der Waals surface area contributed by atoms with Crippen molar-refractivity contribution >= 4 is 15.9 Å². The van der Waals surface area contributed by atoms with Crippen LogP contribution < -0.4 is 4.74 Å². The van der Waals surface area contributed by atoms with Crippen LogP contribution in [0.15, 0.2) is 24.3 Å². The van der Waals surface area contributed by atoms with E-state index in [0.717, 1.165) is 12.4 Å². The van der Waals surface area contributed by atoms with Crippen LogP contribution in [0.25, 0.3) is 0 Å². The van der Waals surface area contributed by atoms with Gasteiger partial charge in [0.1, 0.15) is 18.5 Å². The molecular weight excluding hydrogens is 316 g/mol. The van der Waals surface area contributed by atoms with Crippen LogP contribution in [0.2, 0.25) is 0 Å². The molecule has 3 heteroatoms. The number of halogens is 1. The molecule has 0 amide bonds. The molecular formula is C17H21BrO2. The Morgan fingerprint density at radius 2 is 1.65 bits per heavy atom. The van der Waals surface area contributed by atoms with Crippen LogP contribution in [-0.2, 0) is 10.2 Å². The van der Waals surface area contributed by atoms with Gasteiger partial charge in [-0.05, 0) is 61.6 Å². The van der Waals surface area contributed by atoms with Crippen LogP contribution in [0.4, 0.5) is 0 Å². The maximum atomic E-state index is 5.73. The lowest BCUT2D eigenvalue weighted by atomic mass is 9.58. The topological polar surface area (TPSA) is 21.8 Å². The van der Waals surface area contributed by atoms with Gasteiger partial charge in [0.05, 0.1) is 6.61 Å². The minimum atomic E-state index is 0.331. The van der Waals surface area contributed by atoms with E-state index in [2.05, 4.69) is 40.2 Å². The third kappa shape index (κ3) is 2.39. The molecule has 3 saturated carbocycles. The molecule has 1 heterocycles. The summed E-state index contributed by atoms with van der Waals surface area (Å²) in [7, 11) is 0. The van der Waals surface area contributed by atoms with E-state index in [4.69, 9.17) is 9.47 Å². The fourth-order valence-corrected chi connectivity index (χ4v) is 4.43. The highest BCUT2D eigenvalue weighted by atomic mass is 79.9. The lowest BCUT2D eigenvalue weighted by Crippen LogP contribution is -2.44. The van der Waals surface area contributed by atoms with Crippen molar-refractivity contribution in [3.05, 3.63) is 29.8 Å². The zero-order valence-corrected chi connectivity index (χ0v) is 13.3. The van der Waals surface area contributed by atoms with Gasteiger partial charge in [-0.15, -0.1) is 0 Å². The van der Waals surface area contributed by atoms with Crippen molar-refractivity contribution in [2.45, 2.75) is 54.4 Å². The van der Waals surface area contributed by atoms with Gasteiger partial charge < -0.3 is 9.47 Å². The number of benzene rings is 1. The molecule has 1 aromatic carbocycles. The molecule has 1 saturated heterocycles. The molecule has 4 aliphatic rings. The lowest BCUT2D eigenvalue weighted by molar-refractivity contribution is 0.162. The van der Waals surface area contributed by atoms with Crippen LogP contribution in [0.3, 0.4) is 0 Å². The standard InChI is InChI=1S/C17H21BrO2/c18-17-8-5-16(6-9-17,7-10-17)13-1-3-14(4-2-13)19-11-15-12-20-15/h1-4,15H,5-12H2. The largest absolute Gasteiger partial charge is 0.491 e. The first-order valence-corrected chi connectivity index (χ1v) is 8.51. The summed E-state index contributed by atoms with van der Waals surface area (Å²) in [5.74, 6) is 0.974. The van der Waals surface area contributed by atoms with Gasteiger partial charge in [0, 0.05) is 4.32 Å². The van der Waals surface area contributed by atoms with Crippen molar-refractivity contribution in [2.75, 3.05) is 13.2 Å². The molecule has 5 rings (SSSR count). The van der Waals surface area contributed by atoms with Crippen molar-refractivity contribution in [3.63, 3.8) is 0 Å². The molecule has 0 aromatic heterocycles. The molecule has 1 aliphatic heterocycles. The van der Waals surface area contributed by atoms with Crippen LogP contribution in [0.1, 0.15) is 44.1 Å². The summed E-state index contributed by atoms with van der Waals surface area (Å²) in [6, 6.07) is 8.85. The third-order valence-corrected chi connectivity index (χ3v) is 6.65. The van der Waals surface area contributed by atoms with E-state index in [1.165, 1.54) is 44.1 Å². The Labute approximate surface area is 129 Å². The summed E-state index contributed by atoms with van der Waals surface area (Å²) in [6.45, 7) is 1.55. The molecule has 2 nitrogen and oxygen atoms in total. The quantitative estimate of drug-likeness (QED) is 0.607. The summed E-state index contributed by atoms with van der Waals surface area (Å²) in [6.07, 6.45) is 8.28. The second kappa shape index (κ2) is 4.74. The molecule has 3 aliphatic carbocycles. The summed E-state index contributed by atoms with van der Waals surface area (Å²) in [5.41, 5.74) is 1.95. The van der Waals surface area contributed by atoms with E-state index < -0.39 is 0 Å². The normalized spacial score (nSPS) is 38.8. The van der Waals surface area contributed by atoms with E-state index in [-0.39, 0.29) is 0 Å². The van der Waals surface area contributed by atoms with Gasteiger partial charge in [0.25, 0.3) is 0 Å². The van der Waals surface area contributed by atoms with Crippen molar-refractivity contribution in [1.29, 1.82) is 0 Å². The number of hydrogen-bond donors (Lipinski definition) is 0. The summed E-state index contributed by atoms with van der Waals surface area (Å²) >= 11 is 3.95. The van der Waals surface area contributed by atoms with E-state index in [1.807, 2.05) is 0 Å². The van der Waals surface area contributed by atoms with Gasteiger partial charge in [0.15, 0.2) is 0 Å². The first-order valence-electron chi connectivity index (χ1n) is 7.72. The molecule has 2 bridgehead atoms. The zero-order chi connectivity index (χ0) is 13.6. The van der Waals surface area contributed by atoms with E-state index in [9.17, 15) is 0 Å². The average Bonchev–Trinajstić information content (AvgIpc) is 3.31. The van der Waals surface area contributed by atoms with Crippen molar-refractivity contribution in [2.24, 2.45) is 0 Å². The van der Waals surface area contributed by atoms with Gasteiger partial charge in [-0.1, -0.05) is 28.1 Å². The first-order chi connectivity index (χ1) is 9.68. The minimum Gasteiger partial charge on any atom is -0.491 e. The number of epoxide rings is 1. The molecule has 4 fully saturated rings. The first kappa shape index (κ1) is 13.1. The Balaban J connectivity index is 1.47. The highest BCUT2D eigenvalue weighted by Gasteiger charge is 2.47. The van der Waals surface area contributed by atoms with Crippen molar-refractivity contribution in [1.82, 2.24) is 0 Å². The zero-order valence-electron chi connectivity index (χ0n) is 11.7. The molecule has 0 spiro atoms. The number of ether oxygens (including phenoxy) is 2. The Bertz CT molecular complexity index is 468. The van der Waals surface area contributed by atoms with Crippen molar-refractivity contribution < 1.29 is 9.47 Å². The van der Waals surface area contributed by atoms with E-state index >= 15 is 0 Å². The summed E-state index contributed by atoms with van der Waals surface area (Å²) in [4.78, 5) is 0. The smallest absolute Gasteiger partial charge is 0.119 e. The van der Waals surface area contributed by atoms with Gasteiger partial charge in [0.2, 0.25) is 0 Å². The van der Waals surface area contributed by atoms with Crippen LogP contribution in [0, 0.1) is 0 Å². The molecule has 20 heavy (non-hydrogen) atoms. The fourth-order valence-electron chi connectivity index (χ4n) is 3.83. The molecule has 1 atom stereocenters. The van der Waals surface area contributed by atoms with E-state index in [0.29, 0.717) is 22.5 Å². The van der Waals surface area contributed by atoms with Crippen LogP contribution >= 0.6 is 15.9 Å². The van der Waals surface area contributed by atoms with Crippen LogP contribution in [-0.4, -0.2) is 23.6 Å². The number of hydrogen-bond acceptors (Lipinski definition) is 2. The monoisotopic (exact) mass is 336 g/mol. The molecule has 0 radical (unpaired) electrons. The van der Waals surface area contributed by atoms with Crippen molar-refractivity contribution in [3.8, 4) is 5.75 Å². The molecule has 108 valence electrons. The predicted octanol–water partition coefficient (Wildman–Crippen LogP) is 4.20. The number of alkyl halides is 1. The average molecular weight is 337 g/mol. The lowest BCUT2D eigenvalue weighted by Gasteiger charge is -2.51. The summed E-state index contributed by atoms with van der Waals surface area (Å²) < 4.78 is 11.4.